The van der Waals surface area contributed by atoms with Crippen LogP contribution < -0.4 is 0 Å². The Bertz CT molecular complexity index is 465. The Morgan fingerprint density at radius 1 is 1.35 bits per heavy atom. The van der Waals surface area contributed by atoms with Crippen molar-refractivity contribution in [2.24, 2.45) is 5.16 Å². The Labute approximate surface area is 98.1 Å². The fourth-order valence-electron chi connectivity index (χ4n) is 1.08. The van der Waals surface area contributed by atoms with Gasteiger partial charge in [0.1, 0.15) is 0 Å². The summed E-state index contributed by atoms with van der Waals surface area (Å²) in [5.74, 6) is -0.732. The van der Waals surface area contributed by atoms with E-state index in [2.05, 4.69) is 9.99 Å². The van der Waals surface area contributed by atoms with Crippen molar-refractivity contribution in [2.75, 3.05) is 0 Å². The highest BCUT2D eigenvalue weighted by atomic mass is 31.2. The van der Waals surface area contributed by atoms with Crippen LogP contribution in [-0.2, 0) is 20.6 Å². The summed E-state index contributed by atoms with van der Waals surface area (Å²) >= 11 is 0. The molecule has 0 saturated carbocycles. The highest BCUT2D eigenvalue weighted by molar-refractivity contribution is 7.70. The maximum atomic E-state index is 11.1. The van der Waals surface area contributed by atoms with Crippen LogP contribution in [0.15, 0.2) is 35.5 Å². The van der Waals surface area contributed by atoms with Crippen LogP contribution >= 0.6 is 7.60 Å². The molecule has 0 radical (unpaired) electrons. The van der Waals surface area contributed by atoms with Crippen LogP contribution in [0.5, 0.6) is 0 Å². The normalized spacial score (nSPS) is 12.3. The van der Waals surface area contributed by atoms with Crippen molar-refractivity contribution in [1.29, 1.82) is 0 Å². The summed E-state index contributed by atoms with van der Waals surface area (Å²) in [5, 5.41) is 3.19. The van der Waals surface area contributed by atoms with E-state index in [4.69, 9.17) is 9.79 Å². The summed E-state index contributed by atoms with van der Waals surface area (Å²) in [6.45, 7) is 1.10. The van der Waals surface area contributed by atoms with Gasteiger partial charge in [-0.3, -0.25) is 4.57 Å². The number of benzene rings is 1. The Morgan fingerprint density at radius 3 is 2.41 bits per heavy atom. The molecule has 1 aromatic carbocycles. The van der Waals surface area contributed by atoms with E-state index in [1.807, 2.05) is 0 Å². The third kappa shape index (κ3) is 4.91. The van der Waals surface area contributed by atoms with Crippen molar-refractivity contribution in [3.8, 4) is 0 Å². The first kappa shape index (κ1) is 13.6. The van der Waals surface area contributed by atoms with Gasteiger partial charge >= 0.3 is 13.6 Å². The van der Waals surface area contributed by atoms with E-state index < -0.39 is 19.0 Å². The lowest BCUT2D eigenvalue weighted by Gasteiger charge is -2.07. The summed E-state index contributed by atoms with van der Waals surface area (Å²) in [6.07, 6.45) is -0.0710. The summed E-state index contributed by atoms with van der Waals surface area (Å²) in [6, 6.07) is 8.64. The number of carbonyl (C=O) groups is 1. The van der Waals surface area contributed by atoms with Gasteiger partial charge in [-0.05, 0) is 5.56 Å². The summed E-state index contributed by atoms with van der Waals surface area (Å²) in [7, 11) is -4.52. The second-order valence-corrected chi connectivity index (χ2v) is 4.90. The van der Waals surface area contributed by atoms with E-state index >= 15 is 0 Å². The molecule has 1 rings (SSSR count). The molecule has 0 aliphatic rings. The molecule has 17 heavy (non-hydrogen) atoms. The zero-order valence-electron chi connectivity index (χ0n) is 9.11. The topological polar surface area (TPSA) is 96.2 Å². The van der Waals surface area contributed by atoms with E-state index in [-0.39, 0.29) is 6.42 Å². The molecule has 0 aromatic heterocycles. The van der Waals surface area contributed by atoms with Crippen LogP contribution in [0.25, 0.3) is 0 Å². The van der Waals surface area contributed by atoms with E-state index in [1.54, 1.807) is 30.3 Å². The lowest BCUT2D eigenvalue weighted by molar-refractivity contribution is -0.140. The van der Waals surface area contributed by atoms with Gasteiger partial charge in [-0.15, -0.1) is 0 Å². The molecular weight excluding hydrogens is 245 g/mol. The second-order valence-electron chi connectivity index (χ2n) is 3.30. The lowest BCUT2D eigenvalue weighted by atomic mass is 10.2. The molecule has 2 N–H and O–H groups in total. The molecule has 0 atom stereocenters. The quantitative estimate of drug-likeness (QED) is 0.366. The SMILES string of the molecule is CC(=O)ON=C(Cc1ccccc1)P(=O)(O)O. The monoisotopic (exact) mass is 257 g/mol. The smallest absolute Gasteiger partial charge is 0.320 e. The zero-order valence-corrected chi connectivity index (χ0v) is 10.0. The van der Waals surface area contributed by atoms with Gasteiger partial charge in [-0.2, -0.15) is 0 Å². The van der Waals surface area contributed by atoms with Gasteiger partial charge in [0.15, 0.2) is 5.45 Å². The van der Waals surface area contributed by atoms with Crippen LogP contribution in [-0.4, -0.2) is 21.2 Å². The van der Waals surface area contributed by atoms with Crippen LogP contribution in [0.1, 0.15) is 12.5 Å². The van der Waals surface area contributed by atoms with Crippen molar-refractivity contribution in [3.63, 3.8) is 0 Å². The molecule has 0 amide bonds. The molecule has 0 heterocycles. The van der Waals surface area contributed by atoms with Gasteiger partial charge < -0.3 is 14.6 Å². The third-order valence-electron chi connectivity index (χ3n) is 1.82. The van der Waals surface area contributed by atoms with Gasteiger partial charge in [-0.25, -0.2) is 4.79 Å². The fraction of sp³-hybridized carbons (Fsp3) is 0.200. The molecule has 0 saturated heterocycles. The average Bonchev–Trinajstić information content (AvgIpc) is 2.23. The minimum atomic E-state index is -4.52. The largest absolute Gasteiger partial charge is 0.374 e. The number of oxime groups is 1. The van der Waals surface area contributed by atoms with Crippen LogP contribution in [0.3, 0.4) is 0 Å². The van der Waals surface area contributed by atoms with E-state index in [0.29, 0.717) is 5.56 Å². The predicted molar refractivity (Wildman–Crippen MR) is 61.4 cm³/mol. The first-order valence-corrected chi connectivity index (χ1v) is 6.35. The first-order valence-electron chi connectivity index (χ1n) is 4.74. The molecular formula is C10H12NO5P. The predicted octanol–water partition coefficient (Wildman–Crippen LogP) is 1.28. The standard InChI is InChI=1S/C10H12NO5P/c1-8(12)16-11-10(17(13,14)15)7-9-5-3-2-4-6-9/h2-6H,7H2,1H3,(H2,13,14,15). The van der Waals surface area contributed by atoms with Crippen LogP contribution in [0.4, 0.5) is 0 Å². The zero-order chi connectivity index (χ0) is 12.9. The van der Waals surface area contributed by atoms with E-state index in [0.717, 1.165) is 6.92 Å². The number of rotatable bonds is 4. The van der Waals surface area contributed by atoms with Crippen molar-refractivity contribution in [2.45, 2.75) is 13.3 Å². The minimum absolute atomic E-state index is 0.0710. The van der Waals surface area contributed by atoms with E-state index in [1.165, 1.54) is 0 Å². The minimum Gasteiger partial charge on any atom is -0.320 e. The van der Waals surface area contributed by atoms with Gasteiger partial charge in [0.25, 0.3) is 0 Å². The maximum Gasteiger partial charge on any atom is 0.374 e. The Balaban J connectivity index is 2.90. The molecule has 0 bridgehead atoms. The van der Waals surface area contributed by atoms with Crippen LogP contribution in [0, 0.1) is 0 Å². The highest BCUT2D eigenvalue weighted by Crippen LogP contribution is 2.38. The molecule has 1 aromatic rings. The molecule has 0 fully saturated rings. The maximum absolute atomic E-state index is 11.1. The summed E-state index contributed by atoms with van der Waals surface area (Å²) in [5.41, 5.74) is 0.195. The van der Waals surface area contributed by atoms with Crippen molar-refractivity contribution in [1.82, 2.24) is 0 Å². The molecule has 0 aliphatic heterocycles. The molecule has 0 aliphatic carbocycles. The molecule has 92 valence electrons. The number of nitrogens with zero attached hydrogens (tertiary/aromatic N) is 1. The molecule has 6 nitrogen and oxygen atoms in total. The Morgan fingerprint density at radius 2 is 1.94 bits per heavy atom. The van der Waals surface area contributed by atoms with Gasteiger partial charge in [-0.1, -0.05) is 35.5 Å². The van der Waals surface area contributed by atoms with Crippen molar-refractivity contribution in [3.05, 3.63) is 35.9 Å². The number of carbonyl (C=O) groups excluding carboxylic acids is 1. The van der Waals surface area contributed by atoms with Gasteiger partial charge in [0, 0.05) is 13.3 Å². The second kappa shape index (κ2) is 5.72. The van der Waals surface area contributed by atoms with E-state index in [9.17, 15) is 9.36 Å². The fourth-order valence-corrected chi connectivity index (χ4v) is 1.62. The van der Waals surface area contributed by atoms with Crippen molar-refractivity contribution < 1.29 is 24.0 Å². The Kier molecular flexibility index (Phi) is 4.57. The van der Waals surface area contributed by atoms with Crippen molar-refractivity contribution >= 4 is 19.0 Å². The molecule has 0 unspecified atom stereocenters. The first-order chi connectivity index (χ1) is 7.89. The molecule has 0 spiro atoms. The Hall–Kier alpha value is -1.49. The summed E-state index contributed by atoms with van der Waals surface area (Å²) in [4.78, 5) is 32.9. The van der Waals surface area contributed by atoms with Crippen LogP contribution in [0.2, 0.25) is 0 Å². The average molecular weight is 257 g/mol. The number of hydrogen-bond acceptors (Lipinski definition) is 4. The number of hydrogen-bond donors (Lipinski definition) is 2. The summed E-state index contributed by atoms with van der Waals surface area (Å²) < 4.78 is 11.1. The molecule has 7 heteroatoms. The van der Waals surface area contributed by atoms with Gasteiger partial charge in [0.2, 0.25) is 0 Å². The highest BCUT2D eigenvalue weighted by Gasteiger charge is 2.24. The third-order valence-corrected chi connectivity index (χ3v) is 2.73. The van der Waals surface area contributed by atoms with Gasteiger partial charge in [0.05, 0.1) is 0 Å². The lowest BCUT2D eigenvalue weighted by Crippen LogP contribution is -2.06.